The SMILES string of the molecule is O=C(O)O.[OH][Al][OH]. The van der Waals surface area contributed by atoms with Crippen molar-refractivity contribution < 1.29 is 23.3 Å². The van der Waals surface area contributed by atoms with Crippen molar-refractivity contribution in [1.82, 2.24) is 0 Å². The molecule has 0 bridgehead atoms. The molecule has 0 rings (SSSR count). The quantitative estimate of drug-likeness (QED) is 0.301. The van der Waals surface area contributed by atoms with Crippen LogP contribution in [0.5, 0.6) is 0 Å². The van der Waals surface area contributed by atoms with Crippen LogP contribution >= 0.6 is 0 Å². The first-order valence-corrected chi connectivity index (χ1v) is 2.20. The van der Waals surface area contributed by atoms with Gasteiger partial charge in [0.25, 0.3) is 0 Å². The third-order valence-corrected chi connectivity index (χ3v) is 0. The fraction of sp³-hybridized carbons (Fsp3) is 0. The van der Waals surface area contributed by atoms with E-state index < -0.39 is 22.0 Å². The van der Waals surface area contributed by atoms with Crippen LogP contribution in [0.2, 0.25) is 0 Å². The molecular formula is CH4AlO5. The van der Waals surface area contributed by atoms with E-state index in [0.29, 0.717) is 0 Å². The summed E-state index contributed by atoms with van der Waals surface area (Å²) in [7, 11) is 0. The maximum Gasteiger partial charge on any atom is 0.662 e. The summed E-state index contributed by atoms with van der Waals surface area (Å²) in [5, 5.41) is 13.9. The van der Waals surface area contributed by atoms with Crippen molar-refractivity contribution in [2.75, 3.05) is 0 Å². The molecule has 0 aromatic heterocycles. The van der Waals surface area contributed by atoms with Gasteiger partial charge in [-0.2, -0.15) is 0 Å². The largest absolute Gasteiger partial charge is 0.662 e. The van der Waals surface area contributed by atoms with E-state index in [2.05, 4.69) is 0 Å². The van der Waals surface area contributed by atoms with Crippen LogP contribution in [0.25, 0.3) is 0 Å². The highest BCUT2D eigenvalue weighted by atomic mass is 27.2. The summed E-state index contributed by atoms with van der Waals surface area (Å²) in [5.74, 6) is 0. The van der Waals surface area contributed by atoms with Crippen LogP contribution < -0.4 is 0 Å². The second-order valence-corrected chi connectivity index (χ2v) is 0.629. The monoisotopic (exact) mass is 123 g/mol. The fourth-order valence-electron chi connectivity index (χ4n) is 0. The molecule has 0 saturated heterocycles. The van der Waals surface area contributed by atoms with Gasteiger partial charge in [0.15, 0.2) is 0 Å². The lowest BCUT2D eigenvalue weighted by molar-refractivity contribution is 0.137. The van der Waals surface area contributed by atoms with Crippen LogP contribution in [-0.2, 0) is 0 Å². The molecule has 0 aromatic rings. The van der Waals surface area contributed by atoms with Gasteiger partial charge in [-0.15, -0.1) is 0 Å². The second kappa shape index (κ2) is 9.21. The summed E-state index contributed by atoms with van der Waals surface area (Å²) in [5.41, 5.74) is 0. The number of carbonyl (C=O) groups is 1. The molecule has 5 nitrogen and oxygen atoms in total. The van der Waals surface area contributed by atoms with Crippen molar-refractivity contribution in [3.8, 4) is 0 Å². The van der Waals surface area contributed by atoms with Gasteiger partial charge in [-0.1, -0.05) is 0 Å². The first kappa shape index (κ1) is 9.87. The molecule has 0 unspecified atom stereocenters. The lowest BCUT2D eigenvalue weighted by atomic mass is 11.5. The Morgan fingerprint density at radius 1 is 1.29 bits per heavy atom. The van der Waals surface area contributed by atoms with Crippen LogP contribution in [-0.4, -0.2) is 40.6 Å². The molecule has 0 atom stereocenters. The summed E-state index contributed by atoms with van der Waals surface area (Å²) in [6, 6.07) is 0. The maximum atomic E-state index is 8.56. The number of carboxylic acid groups (broad SMARTS) is 2. The number of hydrogen-bond donors (Lipinski definition) is 4. The molecule has 0 aliphatic carbocycles. The Bertz CT molecular complexity index is 39.3. The third kappa shape index (κ3) is 1030. The van der Waals surface area contributed by atoms with E-state index in [1.54, 1.807) is 0 Å². The molecule has 0 aliphatic heterocycles. The fourth-order valence-corrected chi connectivity index (χ4v) is 0. The predicted molar refractivity (Wildman–Crippen MR) is 20.8 cm³/mol. The van der Waals surface area contributed by atoms with Gasteiger partial charge in [0.05, 0.1) is 0 Å². The van der Waals surface area contributed by atoms with Gasteiger partial charge in [0.1, 0.15) is 0 Å². The predicted octanol–water partition coefficient (Wildman–Crippen LogP) is -1.27. The first-order valence-electron chi connectivity index (χ1n) is 1.17. The summed E-state index contributed by atoms with van der Waals surface area (Å²) in [6.45, 7) is 0. The minimum absolute atomic E-state index is 1.25. The van der Waals surface area contributed by atoms with Gasteiger partial charge in [-0.3, -0.25) is 0 Å². The van der Waals surface area contributed by atoms with Gasteiger partial charge >= 0.3 is 22.0 Å². The van der Waals surface area contributed by atoms with Crippen LogP contribution in [0.15, 0.2) is 0 Å². The Morgan fingerprint density at radius 2 is 1.29 bits per heavy atom. The summed E-state index contributed by atoms with van der Waals surface area (Å²) >= 11 is -1.25. The molecule has 41 valence electrons. The van der Waals surface area contributed by atoms with Crippen LogP contribution in [0.1, 0.15) is 0 Å². The zero-order valence-corrected chi connectivity index (χ0v) is 4.43. The van der Waals surface area contributed by atoms with Gasteiger partial charge in [-0.05, 0) is 0 Å². The molecule has 7 heavy (non-hydrogen) atoms. The van der Waals surface area contributed by atoms with Crippen LogP contribution in [0.3, 0.4) is 0 Å². The van der Waals surface area contributed by atoms with E-state index in [-0.39, 0.29) is 0 Å². The molecule has 0 aliphatic rings. The molecule has 0 saturated carbocycles. The molecule has 0 fully saturated rings. The summed E-state index contributed by atoms with van der Waals surface area (Å²) < 4.78 is 14.4. The molecule has 0 spiro atoms. The zero-order chi connectivity index (χ0) is 6.28. The molecule has 0 heterocycles. The van der Waals surface area contributed by atoms with Crippen molar-refractivity contribution in [3.63, 3.8) is 0 Å². The highest BCUT2D eigenvalue weighted by molar-refractivity contribution is 6.13. The number of hydrogen-bond acceptors (Lipinski definition) is 3. The molecule has 1 radical (unpaired) electrons. The van der Waals surface area contributed by atoms with E-state index in [9.17, 15) is 0 Å². The van der Waals surface area contributed by atoms with Crippen LogP contribution in [0.4, 0.5) is 4.79 Å². The van der Waals surface area contributed by atoms with Crippen molar-refractivity contribution in [1.29, 1.82) is 0 Å². The zero-order valence-electron chi connectivity index (χ0n) is 3.27. The lowest BCUT2D eigenvalue weighted by Gasteiger charge is -1.60. The Morgan fingerprint density at radius 3 is 1.29 bits per heavy atom. The van der Waals surface area contributed by atoms with Gasteiger partial charge in [0.2, 0.25) is 0 Å². The highest BCUT2D eigenvalue weighted by Gasteiger charge is 1.70. The molecule has 6 heteroatoms. The summed E-state index contributed by atoms with van der Waals surface area (Å²) in [4.78, 5) is 8.56. The average Bonchev–Trinajstić information content (AvgIpc) is 1.33. The topological polar surface area (TPSA) is 98.0 Å². The molecule has 4 N–H and O–H groups in total. The van der Waals surface area contributed by atoms with Crippen LogP contribution in [0, 0.1) is 0 Å². The van der Waals surface area contributed by atoms with Gasteiger partial charge in [-0.25, -0.2) is 4.79 Å². The Kier molecular flexibility index (Phi) is 13.0. The Hall–Kier alpha value is -0.278. The van der Waals surface area contributed by atoms with E-state index in [4.69, 9.17) is 23.3 Å². The lowest BCUT2D eigenvalue weighted by Crippen LogP contribution is -1.81. The molecule has 0 amide bonds. The third-order valence-electron chi connectivity index (χ3n) is 0. The van der Waals surface area contributed by atoms with Gasteiger partial charge in [0, 0.05) is 0 Å². The van der Waals surface area contributed by atoms with E-state index >= 15 is 0 Å². The van der Waals surface area contributed by atoms with Gasteiger partial charge < -0.3 is 18.5 Å². The second-order valence-electron chi connectivity index (χ2n) is 0.398. The molecule has 0 aromatic carbocycles. The Balaban J connectivity index is 0. The first-order chi connectivity index (χ1) is 3.15. The van der Waals surface area contributed by atoms with Crippen molar-refractivity contribution in [2.24, 2.45) is 0 Å². The number of rotatable bonds is 0. The summed E-state index contributed by atoms with van der Waals surface area (Å²) in [6.07, 6.45) is -1.83. The normalized spacial score (nSPS) is 5.43. The smallest absolute Gasteiger partial charge is 0.499 e. The minimum atomic E-state index is -1.83. The average molecular weight is 123 g/mol. The van der Waals surface area contributed by atoms with E-state index in [1.807, 2.05) is 0 Å². The Labute approximate surface area is 46.2 Å². The standard InChI is InChI=1S/CH2O3.Al.2H2O/c2-1(3)4;;;/h(H2,2,3,4);;2*1H2/q;+2;;/p-2. The van der Waals surface area contributed by atoms with E-state index in [1.165, 1.54) is 0 Å². The van der Waals surface area contributed by atoms with Crippen molar-refractivity contribution >= 4 is 22.0 Å². The molecular weight excluding hydrogens is 119 g/mol. The maximum absolute atomic E-state index is 8.56. The van der Waals surface area contributed by atoms with Crippen molar-refractivity contribution in [3.05, 3.63) is 0 Å². The van der Waals surface area contributed by atoms with Crippen molar-refractivity contribution in [2.45, 2.75) is 0 Å². The van der Waals surface area contributed by atoms with E-state index in [0.717, 1.165) is 0 Å². The highest BCUT2D eigenvalue weighted by Crippen LogP contribution is 1.42. The minimum Gasteiger partial charge on any atom is -0.499 e.